The highest BCUT2D eigenvalue weighted by molar-refractivity contribution is 6.34. The summed E-state index contributed by atoms with van der Waals surface area (Å²) in [6.07, 6.45) is 0. The Morgan fingerprint density at radius 3 is 2.73 bits per heavy atom. The zero-order valence-corrected chi connectivity index (χ0v) is 6.41. The van der Waals surface area contributed by atoms with Crippen LogP contribution in [0.4, 0.5) is 0 Å². The van der Waals surface area contributed by atoms with Crippen molar-refractivity contribution in [3.8, 4) is 5.75 Å². The number of para-hydroxylation sites is 1. The average Bonchev–Trinajstić information content (AvgIpc) is 2.03. The highest BCUT2D eigenvalue weighted by atomic mass is 16.7. The van der Waals surface area contributed by atoms with Crippen LogP contribution in [-0.2, 0) is 4.74 Å². The predicted octanol–water partition coefficient (Wildman–Crippen LogP) is 0.463. The molecule has 0 unspecified atom stereocenters. The summed E-state index contributed by atoms with van der Waals surface area (Å²) < 4.78 is 9.86. The molecule has 0 aliphatic carbocycles. The smallest absolute Gasteiger partial charge is 0.188 e. The lowest BCUT2D eigenvalue weighted by Crippen LogP contribution is -2.10. The normalized spacial score (nSPS) is 9.55. The Bertz CT molecular complexity index is 225. The molecule has 1 aromatic carbocycles. The first-order valence-corrected chi connectivity index (χ1v) is 3.31. The zero-order chi connectivity index (χ0) is 8.10. The van der Waals surface area contributed by atoms with Gasteiger partial charge in [-0.2, -0.15) is 0 Å². The van der Waals surface area contributed by atoms with Crippen molar-refractivity contribution in [2.75, 3.05) is 13.9 Å². The molecule has 3 heteroatoms. The van der Waals surface area contributed by atoms with Gasteiger partial charge < -0.3 is 9.47 Å². The van der Waals surface area contributed by atoms with Crippen LogP contribution < -0.4 is 10.2 Å². The first kappa shape index (κ1) is 8.14. The molecule has 1 aromatic rings. The van der Waals surface area contributed by atoms with Crippen LogP contribution in [0, 0.1) is 0 Å². The number of rotatable bonds is 3. The lowest BCUT2D eigenvalue weighted by atomic mass is 9.95. The van der Waals surface area contributed by atoms with E-state index in [0.29, 0.717) is 11.2 Å². The number of hydrogen-bond donors (Lipinski definition) is 0. The van der Waals surface area contributed by atoms with Crippen molar-refractivity contribution in [2.45, 2.75) is 0 Å². The van der Waals surface area contributed by atoms with Gasteiger partial charge in [0.15, 0.2) is 6.79 Å². The molecule has 0 aliphatic heterocycles. The zero-order valence-electron chi connectivity index (χ0n) is 6.41. The largest absolute Gasteiger partial charge is 0.468 e. The molecule has 0 atom stereocenters. The fourth-order valence-corrected chi connectivity index (χ4v) is 0.734. The van der Waals surface area contributed by atoms with Crippen molar-refractivity contribution in [2.24, 2.45) is 0 Å². The molecule has 0 bridgehead atoms. The Balaban J connectivity index is 2.62. The number of methoxy groups -OCH3 is 1. The maximum atomic E-state index is 5.58. The third kappa shape index (κ3) is 2.28. The SMILES string of the molecule is [B]c1ccccc1OCOC. The van der Waals surface area contributed by atoms with Crippen LogP contribution in [-0.4, -0.2) is 21.7 Å². The van der Waals surface area contributed by atoms with Crippen LogP contribution in [0.1, 0.15) is 0 Å². The molecule has 0 amide bonds. The number of ether oxygens (including phenoxy) is 2. The van der Waals surface area contributed by atoms with E-state index in [1.165, 1.54) is 0 Å². The standard InChI is InChI=1S/C8H9BO2/c1-10-6-11-8-5-3-2-4-7(8)9/h2-5H,6H2,1H3. The van der Waals surface area contributed by atoms with Crippen molar-refractivity contribution in [1.29, 1.82) is 0 Å². The third-order valence-electron chi connectivity index (χ3n) is 1.25. The van der Waals surface area contributed by atoms with Gasteiger partial charge in [0.2, 0.25) is 0 Å². The molecule has 0 spiro atoms. The fourth-order valence-electron chi connectivity index (χ4n) is 0.734. The molecule has 0 aliphatic rings. The van der Waals surface area contributed by atoms with Crippen LogP contribution in [0.15, 0.2) is 24.3 Å². The molecule has 56 valence electrons. The topological polar surface area (TPSA) is 18.5 Å². The Morgan fingerprint density at radius 2 is 2.09 bits per heavy atom. The summed E-state index contributed by atoms with van der Waals surface area (Å²) in [7, 11) is 7.15. The van der Waals surface area contributed by atoms with Crippen LogP contribution in [0.2, 0.25) is 0 Å². The second-order valence-electron chi connectivity index (χ2n) is 2.09. The van der Waals surface area contributed by atoms with Crippen molar-refractivity contribution in [3.05, 3.63) is 24.3 Å². The van der Waals surface area contributed by atoms with Crippen molar-refractivity contribution in [1.82, 2.24) is 0 Å². The van der Waals surface area contributed by atoms with Crippen LogP contribution in [0.3, 0.4) is 0 Å². The van der Waals surface area contributed by atoms with E-state index in [0.717, 1.165) is 0 Å². The Labute approximate surface area is 67.5 Å². The Morgan fingerprint density at radius 1 is 1.36 bits per heavy atom. The molecular weight excluding hydrogens is 139 g/mol. The van der Waals surface area contributed by atoms with E-state index in [2.05, 4.69) is 0 Å². The monoisotopic (exact) mass is 148 g/mol. The maximum absolute atomic E-state index is 5.58. The molecule has 0 fully saturated rings. The van der Waals surface area contributed by atoms with E-state index < -0.39 is 0 Å². The van der Waals surface area contributed by atoms with E-state index in [1.54, 1.807) is 19.2 Å². The third-order valence-corrected chi connectivity index (χ3v) is 1.25. The van der Waals surface area contributed by atoms with Crippen molar-refractivity contribution in [3.63, 3.8) is 0 Å². The van der Waals surface area contributed by atoms with E-state index in [9.17, 15) is 0 Å². The van der Waals surface area contributed by atoms with Crippen LogP contribution >= 0.6 is 0 Å². The summed E-state index contributed by atoms with van der Waals surface area (Å²) >= 11 is 0. The first-order valence-electron chi connectivity index (χ1n) is 3.31. The van der Waals surface area contributed by atoms with Gasteiger partial charge in [0.1, 0.15) is 13.6 Å². The molecule has 1 rings (SSSR count). The summed E-state index contributed by atoms with van der Waals surface area (Å²) in [6, 6.07) is 7.30. The van der Waals surface area contributed by atoms with Gasteiger partial charge in [0.05, 0.1) is 0 Å². The summed E-state index contributed by atoms with van der Waals surface area (Å²) in [6.45, 7) is 0.230. The molecule has 0 saturated carbocycles. The molecule has 2 radical (unpaired) electrons. The predicted molar refractivity (Wildman–Crippen MR) is 44.3 cm³/mol. The van der Waals surface area contributed by atoms with E-state index in [4.69, 9.17) is 17.3 Å². The average molecular weight is 148 g/mol. The minimum atomic E-state index is 0.230. The molecule has 11 heavy (non-hydrogen) atoms. The lowest BCUT2D eigenvalue weighted by molar-refractivity contribution is 0.0519. The number of benzene rings is 1. The maximum Gasteiger partial charge on any atom is 0.188 e. The quantitative estimate of drug-likeness (QED) is 0.458. The summed E-state index contributed by atoms with van der Waals surface area (Å²) in [5.74, 6) is 0.661. The number of hydrogen-bond acceptors (Lipinski definition) is 2. The van der Waals surface area contributed by atoms with E-state index in [-0.39, 0.29) is 6.79 Å². The van der Waals surface area contributed by atoms with Gasteiger partial charge in [0.25, 0.3) is 0 Å². The van der Waals surface area contributed by atoms with Gasteiger partial charge >= 0.3 is 0 Å². The summed E-state index contributed by atoms with van der Waals surface area (Å²) in [5.41, 5.74) is 0.629. The van der Waals surface area contributed by atoms with Gasteiger partial charge in [-0.1, -0.05) is 23.7 Å². The van der Waals surface area contributed by atoms with Gasteiger partial charge in [-0.25, -0.2) is 0 Å². The van der Waals surface area contributed by atoms with Gasteiger partial charge in [0, 0.05) is 7.11 Å². The van der Waals surface area contributed by atoms with E-state index in [1.807, 2.05) is 12.1 Å². The van der Waals surface area contributed by atoms with E-state index >= 15 is 0 Å². The van der Waals surface area contributed by atoms with Gasteiger partial charge in [-0.3, -0.25) is 0 Å². The second kappa shape index (κ2) is 4.03. The molecule has 0 saturated heterocycles. The van der Waals surface area contributed by atoms with Gasteiger partial charge in [-0.05, 0) is 6.07 Å². The molecule has 0 heterocycles. The molecule has 2 nitrogen and oxygen atoms in total. The molecular formula is C8H9BO2. The minimum absolute atomic E-state index is 0.230. The van der Waals surface area contributed by atoms with Gasteiger partial charge in [-0.15, -0.1) is 0 Å². The summed E-state index contributed by atoms with van der Waals surface area (Å²) in [4.78, 5) is 0. The highest BCUT2D eigenvalue weighted by Crippen LogP contribution is 2.03. The van der Waals surface area contributed by atoms with Crippen molar-refractivity contribution >= 4 is 13.3 Å². The molecule has 0 N–H and O–H groups in total. The molecule has 0 aromatic heterocycles. The lowest BCUT2D eigenvalue weighted by Gasteiger charge is -2.06. The Kier molecular flexibility index (Phi) is 2.99. The Hall–Kier alpha value is -0.955. The van der Waals surface area contributed by atoms with Crippen molar-refractivity contribution < 1.29 is 9.47 Å². The summed E-state index contributed by atoms with van der Waals surface area (Å²) in [5, 5.41) is 0. The minimum Gasteiger partial charge on any atom is -0.468 e. The fraction of sp³-hybridized carbons (Fsp3) is 0.250. The highest BCUT2D eigenvalue weighted by Gasteiger charge is 1.94. The van der Waals surface area contributed by atoms with Crippen LogP contribution in [0.25, 0.3) is 0 Å². The van der Waals surface area contributed by atoms with Crippen LogP contribution in [0.5, 0.6) is 5.75 Å². The first-order chi connectivity index (χ1) is 5.34. The second-order valence-corrected chi connectivity index (χ2v) is 2.09.